The monoisotopic (exact) mass is 401 g/mol. The highest BCUT2D eigenvalue weighted by molar-refractivity contribution is 7.80. The van der Waals surface area contributed by atoms with E-state index in [2.05, 4.69) is 21.6 Å². The van der Waals surface area contributed by atoms with Crippen molar-refractivity contribution in [2.45, 2.75) is 12.8 Å². The van der Waals surface area contributed by atoms with Crippen LogP contribution in [0.4, 0.5) is 11.4 Å². The number of nitrogens with one attached hydrogen (secondary N) is 2. The van der Waals surface area contributed by atoms with Crippen LogP contribution in [0.5, 0.6) is 0 Å². The molecule has 1 aliphatic rings. The average molecular weight is 402 g/mol. The zero-order chi connectivity index (χ0) is 20.1. The predicted octanol–water partition coefficient (Wildman–Crippen LogP) is 5.08. The van der Waals surface area contributed by atoms with Gasteiger partial charge in [-0.1, -0.05) is 54.6 Å². The summed E-state index contributed by atoms with van der Waals surface area (Å²) >= 11 is 5.39. The van der Waals surface area contributed by atoms with Crippen molar-refractivity contribution < 1.29 is 4.79 Å². The molecule has 1 amide bonds. The summed E-state index contributed by atoms with van der Waals surface area (Å²) in [6.45, 7) is 2.09. The van der Waals surface area contributed by atoms with Crippen molar-refractivity contribution >= 4 is 34.6 Å². The number of rotatable bonds is 4. The van der Waals surface area contributed by atoms with Gasteiger partial charge in [0.25, 0.3) is 5.91 Å². The number of amides is 1. The number of carbonyl (C=O) groups is 1. The number of carbonyl (C=O) groups excluding carboxylic acids is 1. The Bertz CT molecular complexity index is 996. The first-order valence-electron chi connectivity index (χ1n) is 9.82. The molecule has 1 saturated heterocycles. The van der Waals surface area contributed by atoms with Gasteiger partial charge in [0.05, 0.1) is 11.4 Å². The van der Waals surface area contributed by atoms with Crippen LogP contribution in [-0.2, 0) is 0 Å². The second-order valence-corrected chi connectivity index (χ2v) is 7.47. The minimum absolute atomic E-state index is 0.222. The van der Waals surface area contributed by atoms with E-state index in [0.717, 1.165) is 35.6 Å². The van der Waals surface area contributed by atoms with E-state index >= 15 is 0 Å². The van der Waals surface area contributed by atoms with Gasteiger partial charge in [0.1, 0.15) is 0 Å². The van der Waals surface area contributed by atoms with Gasteiger partial charge in [-0.2, -0.15) is 0 Å². The molecule has 1 fully saturated rings. The van der Waals surface area contributed by atoms with E-state index in [1.807, 2.05) is 72.8 Å². The summed E-state index contributed by atoms with van der Waals surface area (Å²) in [5, 5.41) is 6.27. The van der Waals surface area contributed by atoms with E-state index in [1.165, 1.54) is 12.8 Å². The van der Waals surface area contributed by atoms with E-state index in [0.29, 0.717) is 10.7 Å². The molecule has 3 aromatic rings. The summed E-state index contributed by atoms with van der Waals surface area (Å²) in [5.41, 5.74) is 4.80. The van der Waals surface area contributed by atoms with Crippen LogP contribution >= 0.6 is 12.2 Å². The molecule has 0 aromatic heterocycles. The largest absolute Gasteiger partial charge is 0.370 e. The molecule has 4 rings (SSSR count). The predicted molar refractivity (Wildman–Crippen MR) is 123 cm³/mol. The Morgan fingerprint density at radius 2 is 1.41 bits per heavy atom. The summed E-state index contributed by atoms with van der Waals surface area (Å²) in [6.07, 6.45) is 2.41. The summed E-state index contributed by atoms with van der Waals surface area (Å²) < 4.78 is 0. The second kappa shape index (κ2) is 8.88. The minimum atomic E-state index is -0.222. The number of para-hydroxylation sites is 2. The van der Waals surface area contributed by atoms with Gasteiger partial charge in [0, 0.05) is 18.7 Å². The number of anilines is 2. The van der Waals surface area contributed by atoms with E-state index in [-0.39, 0.29) is 5.91 Å². The molecule has 2 N–H and O–H groups in total. The van der Waals surface area contributed by atoms with Gasteiger partial charge in [-0.25, -0.2) is 0 Å². The van der Waals surface area contributed by atoms with Crippen molar-refractivity contribution in [2.24, 2.45) is 0 Å². The molecule has 4 nitrogen and oxygen atoms in total. The maximum Gasteiger partial charge on any atom is 0.257 e. The quantitative estimate of drug-likeness (QED) is 0.599. The Kier molecular flexibility index (Phi) is 5.86. The molecular weight excluding hydrogens is 378 g/mol. The maximum absolute atomic E-state index is 12.6. The Morgan fingerprint density at radius 1 is 0.793 bits per heavy atom. The maximum atomic E-state index is 12.6. The molecule has 29 heavy (non-hydrogen) atoms. The van der Waals surface area contributed by atoms with Gasteiger partial charge in [0.15, 0.2) is 5.11 Å². The number of hydrogen-bond donors (Lipinski definition) is 2. The van der Waals surface area contributed by atoms with Crippen molar-refractivity contribution in [1.29, 1.82) is 0 Å². The summed E-state index contributed by atoms with van der Waals surface area (Å²) in [7, 11) is 0. The molecule has 5 heteroatoms. The molecule has 0 atom stereocenters. The lowest BCUT2D eigenvalue weighted by Crippen LogP contribution is -2.34. The first kappa shape index (κ1) is 19.2. The molecule has 146 valence electrons. The van der Waals surface area contributed by atoms with E-state index < -0.39 is 0 Å². The molecule has 0 unspecified atom stereocenters. The Labute approximate surface area is 176 Å². The summed E-state index contributed by atoms with van der Waals surface area (Å²) in [6, 6.07) is 25.7. The zero-order valence-corrected chi connectivity index (χ0v) is 16.9. The fraction of sp³-hybridized carbons (Fsp3) is 0.167. The van der Waals surface area contributed by atoms with Gasteiger partial charge >= 0.3 is 0 Å². The number of thiocarbonyl (C=S) groups is 1. The molecule has 0 radical (unpaired) electrons. The summed E-state index contributed by atoms with van der Waals surface area (Å²) in [5.74, 6) is -0.222. The third kappa shape index (κ3) is 4.63. The van der Waals surface area contributed by atoms with Crippen LogP contribution < -0.4 is 15.5 Å². The zero-order valence-electron chi connectivity index (χ0n) is 16.1. The average Bonchev–Trinajstić information content (AvgIpc) is 3.29. The van der Waals surface area contributed by atoms with Crippen LogP contribution in [0.3, 0.4) is 0 Å². The molecular formula is C24H23N3OS. The molecule has 1 heterocycles. The first-order chi connectivity index (χ1) is 14.2. The van der Waals surface area contributed by atoms with E-state index in [4.69, 9.17) is 12.2 Å². The van der Waals surface area contributed by atoms with E-state index in [9.17, 15) is 4.79 Å². The van der Waals surface area contributed by atoms with Crippen molar-refractivity contribution in [3.05, 3.63) is 84.4 Å². The first-order valence-corrected chi connectivity index (χ1v) is 10.2. The third-order valence-corrected chi connectivity index (χ3v) is 5.28. The van der Waals surface area contributed by atoms with Crippen molar-refractivity contribution in [3.8, 4) is 11.1 Å². The lowest BCUT2D eigenvalue weighted by molar-refractivity contribution is 0.0978. The SMILES string of the molecule is O=C(NC(=S)Nc1ccccc1N1CCCC1)c1ccc(-c2ccccc2)cc1. The molecule has 3 aromatic carbocycles. The van der Waals surface area contributed by atoms with Crippen LogP contribution in [0.15, 0.2) is 78.9 Å². The van der Waals surface area contributed by atoms with Crippen LogP contribution in [-0.4, -0.2) is 24.1 Å². The molecule has 0 aliphatic carbocycles. The number of nitrogens with zero attached hydrogens (tertiary/aromatic N) is 1. The highest BCUT2D eigenvalue weighted by Crippen LogP contribution is 2.28. The van der Waals surface area contributed by atoms with Gasteiger partial charge < -0.3 is 10.2 Å². The third-order valence-electron chi connectivity index (χ3n) is 5.08. The van der Waals surface area contributed by atoms with Crippen LogP contribution in [0.1, 0.15) is 23.2 Å². The van der Waals surface area contributed by atoms with Gasteiger partial charge in [-0.15, -0.1) is 0 Å². The summed E-state index contributed by atoms with van der Waals surface area (Å²) in [4.78, 5) is 14.9. The van der Waals surface area contributed by atoms with Crippen LogP contribution in [0.2, 0.25) is 0 Å². The van der Waals surface area contributed by atoms with Gasteiger partial charge in [-0.3, -0.25) is 10.1 Å². The van der Waals surface area contributed by atoms with Crippen molar-refractivity contribution in [1.82, 2.24) is 5.32 Å². The highest BCUT2D eigenvalue weighted by Gasteiger charge is 2.16. The standard InChI is InChI=1S/C24H23N3OS/c28-23(20-14-12-19(13-15-20)18-8-2-1-3-9-18)26-24(29)25-21-10-4-5-11-22(21)27-16-6-7-17-27/h1-5,8-15H,6-7,16-17H2,(H2,25,26,28,29). The Balaban J connectivity index is 1.41. The van der Waals surface area contributed by atoms with Crippen molar-refractivity contribution in [2.75, 3.05) is 23.3 Å². The normalized spacial score (nSPS) is 13.2. The second-order valence-electron chi connectivity index (χ2n) is 7.06. The number of benzene rings is 3. The molecule has 1 aliphatic heterocycles. The van der Waals surface area contributed by atoms with Crippen LogP contribution in [0.25, 0.3) is 11.1 Å². The minimum Gasteiger partial charge on any atom is -0.370 e. The fourth-order valence-corrected chi connectivity index (χ4v) is 3.79. The van der Waals surface area contributed by atoms with Crippen molar-refractivity contribution in [3.63, 3.8) is 0 Å². The fourth-order valence-electron chi connectivity index (χ4n) is 3.59. The molecule has 0 bridgehead atoms. The lowest BCUT2D eigenvalue weighted by Gasteiger charge is -2.22. The Hall–Kier alpha value is -3.18. The van der Waals surface area contributed by atoms with Gasteiger partial charge in [0.2, 0.25) is 0 Å². The van der Waals surface area contributed by atoms with Gasteiger partial charge in [-0.05, 0) is 60.5 Å². The highest BCUT2D eigenvalue weighted by atomic mass is 32.1. The van der Waals surface area contributed by atoms with Crippen LogP contribution in [0, 0.1) is 0 Å². The van der Waals surface area contributed by atoms with E-state index in [1.54, 1.807) is 0 Å². The Morgan fingerprint density at radius 3 is 2.14 bits per heavy atom. The molecule has 0 saturated carbocycles. The topological polar surface area (TPSA) is 44.4 Å². The lowest BCUT2D eigenvalue weighted by atomic mass is 10.0. The molecule has 0 spiro atoms. The number of hydrogen-bond acceptors (Lipinski definition) is 3. The smallest absolute Gasteiger partial charge is 0.257 e.